The van der Waals surface area contributed by atoms with Gasteiger partial charge in [0.2, 0.25) is 0 Å². The van der Waals surface area contributed by atoms with Crippen molar-refractivity contribution in [2.45, 2.75) is 32.4 Å². The number of rotatable bonds is 4. The molecule has 1 N–H and O–H groups in total. The van der Waals surface area contributed by atoms with E-state index in [1.807, 2.05) is 18.2 Å². The Labute approximate surface area is 123 Å². The summed E-state index contributed by atoms with van der Waals surface area (Å²) in [4.78, 5) is 0. The molecule has 0 bridgehead atoms. The normalized spacial score (nSPS) is 14.6. The van der Waals surface area contributed by atoms with Crippen molar-refractivity contribution >= 4 is 11.6 Å². The minimum atomic E-state index is -0.196. The molecular formula is C17H17ClFN. The molecule has 0 radical (unpaired) electrons. The molecule has 20 heavy (non-hydrogen) atoms. The van der Waals surface area contributed by atoms with E-state index in [2.05, 4.69) is 11.4 Å². The van der Waals surface area contributed by atoms with Crippen LogP contribution in [0.5, 0.6) is 0 Å². The lowest BCUT2D eigenvalue weighted by Crippen LogP contribution is -2.15. The molecule has 0 aliphatic heterocycles. The third-order valence-corrected chi connectivity index (χ3v) is 4.08. The smallest absolute Gasteiger partial charge is 0.126 e. The highest BCUT2D eigenvalue weighted by Crippen LogP contribution is 2.32. The number of hydrogen-bond acceptors (Lipinski definition) is 1. The van der Waals surface area contributed by atoms with Gasteiger partial charge in [0.1, 0.15) is 5.82 Å². The van der Waals surface area contributed by atoms with E-state index in [0.29, 0.717) is 16.6 Å². The van der Waals surface area contributed by atoms with Gasteiger partial charge < -0.3 is 5.32 Å². The minimum Gasteiger partial charge on any atom is -0.310 e. The van der Waals surface area contributed by atoms with Gasteiger partial charge in [0, 0.05) is 23.2 Å². The zero-order valence-corrected chi connectivity index (χ0v) is 12.2. The maximum atomic E-state index is 13.6. The van der Waals surface area contributed by atoms with Crippen LogP contribution in [0.1, 0.15) is 24.0 Å². The molecule has 2 aromatic rings. The highest BCUT2D eigenvalue weighted by molar-refractivity contribution is 6.33. The molecule has 0 atom stereocenters. The molecular weight excluding hydrogens is 273 g/mol. The second-order valence-corrected chi connectivity index (χ2v) is 5.79. The van der Waals surface area contributed by atoms with Gasteiger partial charge in [0.05, 0.1) is 0 Å². The summed E-state index contributed by atoms with van der Waals surface area (Å²) >= 11 is 6.37. The molecule has 3 rings (SSSR count). The van der Waals surface area contributed by atoms with Crippen molar-refractivity contribution < 1.29 is 4.39 Å². The maximum absolute atomic E-state index is 13.6. The van der Waals surface area contributed by atoms with Crippen LogP contribution >= 0.6 is 11.6 Å². The Morgan fingerprint density at radius 3 is 2.70 bits per heavy atom. The third-order valence-electron chi connectivity index (χ3n) is 3.76. The molecule has 0 spiro atoms. The van der Waals surface area contributed by atoms with Crippen LogP contribution in [-0.4, -0.2) is 6.04 Å². The van der Waals surface area contributed by atoms with Crippen LogP contribution < -0.4 is 5.32 Å². The molecule has 1 fully saturated rings. The second kappa shape index (κ2) is 5.55. The molecule has 1 nitrogen and oxygen atoms in total. The lowest BCUT2D eigenvalue weighted by atomic mass is 9.99. The highest BCUT2D eigenvalue weighted by atomic mass is 35.5. The fourth-order valence-corrected chi connectivity index (χ4v) is 2.64. The van der Waals surface area contributed by atoms with E-state index in [9.17, 15) is 4.39 Å². The van der Waals surface area contributed by atoms with Crippen LogP contribution in [0, 0.1) is 12.7 Å². The summed E-state index contributed by atoms with van der Waals surface area (Å²) in [6.45, 7) is 2.62. The first-order chi connectivity index (χ1) is 9.65. The third kappa shape index (κ3) is 2.87. The minimum absolute atomic E-state index is 0.196. The maximum Gasteiger partial charge on any atom is 0.126 e. The van der Waals surface area contributed by atoms with Crippen molar-refractivity contribution in [3.63, 3.8) is 0 Å². The van der Waals surface area contributed by atoms with Gasteiger partial charge in [0.15, 0.2) is 0 Å². The molecule has 1 aliphatic carbocycles. The molecule has 3 heteroatoms. The first-order valence-corrected chi connectivity index (χ1v) is 7.30. The predicted molar refractivity (Wildman–Crippen MR) is 81.4 cm³/mol. The molecule has 104 valence electrons. The summed E-state index contributed by atoms with van der Waals surface area (Å²) in [6, 6.07) is 11.8. The number of nitrogens with one attached hydrogen (secondary N) is 1. The first kappa shape index (κ1) is 13.6. The van der Waals surface area contributed by atoms with E-state index < -0.39 is 0 Å². The lowest BCUT2D eigenvalue weighted by molar-refractivity contribution is 0.619. The average molecular weight is 290 g/mol. The average Bonchev–Trinajstić information content (AvgIpc) is 3.24. The Hall–Kier alpha value is -1.38. The van der Waals surface area contributed by atoms with Gasteiger partial charge in [-0.05, 0) is 48.6 Å². The van der Waals surface area contributed by atoms with Crippen LogP contribution in [0.25, 0.3) is 11.1 Å². The van der Waals surface area contributed by atoms with E-state index >= 15 is 0 Å². The Kier molecular flexibility index (Phi) is 3.77. The fraction of sp³-hybridized carbons (Fsp3) is 0.294. The molecule has 1 saturated carbocycles. The summed E-state index contributed by atoms with van der Waals surface area (Å²) < 4.78 is 13.6. The van der Waals surface area contributed by atoms with Crippen molar-refractivity contribution in [1.82, 2.24) is 5.32 Å². The van der Waals surface area contributed by atoms with Gasteiger partial charge in [-0.15, -0.1) is 0 Å². The number of halogens is 2. The van der Waals surface area contributed by atoms with E-state index in [4.69, 9.17) is 11.6 Å². The van der Waals surface area contributed by atoms with Crippen LogP contribution in [0.2, 0.25) is 5.02 Å². The summed E-state index contributed by atoms with van der Waals surface area (Å²) in [5, 5.41) is 4.14. The zero-order chi connectivity index (χ0) is 14.1. The molecule has 0 unspecified atom stereocenters. The summed E-state index contributed by atoms with van der Waals surface area (Å²) in [7, 11) is 0. The van der Waals surface area contributed by atoms with Crippen LogP contribution in [-0.2, 0) is 6.54 Å². The van der Waals surface area contributed by atoms with E-state index in [0.717, 1.165) is 17.7 Å². The molecule has 0 saturated heterocycles. The number of hydrogen-bond donors (Lipinski definition) is 1. The predicted octanol–water partition coefficient (Wildman–Crippen LogP) is 4.71. The highest BCUT2D eigenvalue weighted by Gasteiger charge is 2.20. The zero-order valence-electron chi connectivity index (χ0n) is 11.4. The molecule has 0 amide bonds. The van der Waals surface area contributed by atoms with Crippen LogP contribution in [0.15, 0.2) is 36.4 Å². The van der Waals surface area contributed by atoms with E-state index in [1.54, 1.807) is 13.0 Å². The molecule has 0 aromatic heterocycles. The Balaban J connectivity index is 1.87. The molecule has 0 heterocycles. The first-order valence-electron chi connectivity index (χ1n) is 6.92. The van der Waals surface area contributed by atoms with Gasteiger partial charge in [-0.2, -0.15) is 0 Å². The summed E-state index contributed by atoms with van der Waals surface area (Å²) in [5.74, 6) is -0.196. The van der Waals surface area contributed by atoms with Gasteiger partial charge in [0.25, 0.3) is 0 Å². The summed E-state index contributed by atoms with van der Waals surface area (Å²) in [5.41, 5.74) is 3.55. The quantitative estimate of drug-likeness (QED) is 0.860. The van der Waals surface area contributed by atoms with E-state index in [1.165, 1.54) is 24.5 Å². The largest absolute Gasteiger partial charge is 0.310 e. The van der Waals surface area contributed by atoms with Crippen molar-refractivity contribution in [1.29, 1.82) is 0 Å². The van der Waals surface area contributed by atoms with Gasteiger partial charge in [-0.3, -0.25) is 0 Å². The van der Waals surface area contributed by atoms with Gasteiger partial charge in [-0.1, -0.05) is 35.9 Å². The monoisotopic (exact) mass is 289 g/mol. The van der Waals surface area contributed by atoms with Crippen molar-refractivity contribution in [3.8, 4) is 11.1 Å². The Morgan fingerprint density at radius 2 is 2.00 bits per heavy atom. The van der Waals surface area contributed by atoms with Gasteiger partial charge in [-0.25, -0.2) is 4.39 Å². The topological polar surface area (TPSA) is 12.0 Å². The van der Waals surface area contributed by atoms with Crippen molar-refractivity contribution in [2.24, 2.45) is 0 Å². The van der Waals surface area contributed by atoms with Crippen LogP contribution in [0.3, 0.4) is 0 Å². The van der Waals surface area contributed by atoms with Crippen molar-refractivity contribution in [2.75, 3.05) is 0 Å². The van der Waals surface area contributed by atoms with Crippen molar-refractivity contribution in [3.05, 3.63) is 58.4 Å². The number of benzene rings is 2. The summed E-state index contributed by atoms with van der Waals surface area (Å²) in [6.07, 6.45) is 2.54. The standard InChI is InChI=1S/C17H17ClFN/c1-11-14(3-2-4-17(11)19)15-8-5-12(9-16(15)18)10-20-13-6-7-13/h2-5,8-9,13,20H,6-7,10H2,1H3. The SMILES string of the molecule is Cc1c(F)cccc1-c1ccc(CNC2CC2)cc1Cl. The van der Waals surface area contributed by atoms with E-state index in [-0.39, 0.29) is 5.82 Å². The van der Waals surface area contributed by atoms with Crippen LogP contribution in [0.4, 0.5) is 4.39 Å². The molecule has 1 aliphatic rings. The molecule has 2 aromatic carbocycles. The lowest BCUT2D eigenvalue weighted by Gasteiger charge is -2.11. The van der Waals surface area contributed by atoms with Gasteiger partial charge >= 0.3 is 0 Å². The second-order valence-electron chi connectivity index (χ2n) is 5.38. The Bertz CT molecular complexity index is 635. The Morgan fingerprint density at radius 1 is 1.20 bits per heavy atom. The fourth-order valence-electron chi connectivity index (χ4n) is 2.34.